The van der Waals surface area contributed by atoms with Crippen LogP contribution in [0.4, 0.5) is 5.69 Å². The number of halogens is 1. The van der Waals surface area contributed by atoms with Crippen LogP contribution in [0.5, 0.6) is 0 Å². The third kappa shape index (κ3) is 2.37. The number of benzene rings is 1. The van der Waals surface area contributed by atoms with Crippen molar-refractivity contribution in [1.82, 2.24) is 0 Å². The van der Waals surface area contributed by atoms with E-state index in [9.17, 15) is 10.1 Å². The molecule has 0 bridgehead atoms. The Bertz CT molecular complexity index is 532. The number of nitro benzene ring substituents is 1. The zero-order chi connectivity index (χ0) is 13.3. The fraction of sp³-hybridized carbons (Fsp3) is 0.364. The van der Waals surface area contributed by atoms with E-state index < -0.39 is 10.5 Å². The standard InChI is InChI=1S/C11H12BrN3O3/c1-11(6-18-5-10(13)14-11)8-4-7(12)2-3-9(8)15(16)17/h2-4H,5-6H2,1H3,(H2,13,14)/t11-/m0/s1. The van der Waals surface area contributed by atoms with E-state index in [1.165, 1.54) is 6.07 Å². The van der Waals surface area contributed by atoms with E-state index in [2.05, 4.69) is 20.9 Å². The highest BCUT2D eigenvalue weighted by Gasteiger charge is 2.36. The zero-order valence-corrected chi connectivity index (χ0v) is 11.3. The van der Waals surface area contributed by atoms with Crippen molar-refractivity contribution in [2.45, 2.75) is 12.5 Å². The van der Waals surface area contributed by atoms with Crippen molar-refractivity contribution in [2.24, 2.45) is 10.7 Å². The monoisotopic (exact) mass is 313 g/mol. The summed E-state index contributed by atoms with van der Waals surface area (Å²) in [5, 5.41) is 11.1. The van der Waals surface area contributed by atoms with Crippen LogP contribution in [0.3, 0.4) is 0 Å². The third-order valence-electron chi connectivity index (χ3n) is 2.76. The van der Waals surface area contributed by atoms with Crippen molar-refractivity contribution in [1.29, 1.82) is 0 Å². The average Bonchev–Trinajstić information content (AvgIpc) is 2.28. The van der Waals surface area contributed by atoms with E-state index in [4.69, 9.17) is 10.5 Å². The molecule has 0 unspecified atom stereocenters. The lowest BCUT2D eigenvalue weighted by Gasteiger charge is -2.29. The van der Waals surface area contributed by atoms with Gasteiger partial charge in [0.2, 0.25) is 0 Å². The van der Waals surface area contributed by atoms with Gasteiger partial charge in [0, 0.05) is 10.5 Å². The van der Waals surface area contributed by atoms with E-state index in [0.29, 0.717) is 11.4 Å². The molecule has 1 atom stereocenters. The highest BCUT2D eigenvalue weighted by molar-refractivity contribution is 9.10. The molecule has 2 rings (SSSR count). The molecular formula is C11H12BrN3O3. The molecule has 0 amide bonds. The first-order valence-corrected chi connectivity index (χ1v) is 6.08. The van der Waals surface area contributed by atoms with Crippen LogP contribution in [-0.2, 0) is 10.3 Å². The van der Waals surface area contributed by atoms with Crippen molar-refractivity contribution in [3.8, 4) is 0 Å². The molecule has 0 fully saturated rings. The van der Waals surface area contributed by atoms with Crippen LogP contribution in [-0.4, -0.2) is 24.0 Å². The molecule has 18 heavy (non-hydrogen) atoms. The van der Waals surface area contributed by atoms with E-state index in [-0.39, 0.29) is 18.9 Å². The first-order valence-electron chi connectivity index (χ1n) is 5.29. The Hall–Kier alpha value is -1.47. The van der Waals surface area contributed by atoms with E-state index in [1.54, 1.807) is 19.1 Å². The van der Waals surface area contributed by atoms with E-state index in [0.717, 1.165) is 4.47 Å². The molecule has 0 saturated heterocycles. The topological polar surface area (TPSA) is 90.8 Å². The summed E-state index contributed by atoms with van der Waals surface area (Å²) in [4.78, 5) is 15.0. The second-order valence-electron chi connectivity index (χ2n) is 4.29. The van der Waals surface area contributed by atoms with Gasteiger partial charge in [-0.2, -0.15) is 0 Å². The van der Waals surface area contributed by atoms with Crippen molar-refractivity contribution in [2.75, 3.05) is 13.2 Å². The summed E-state index contributed by atoms with van der Waals surface area (Å²) in [7, 11) is 0. The Morgan fingerprint density at radius 1 is 1.61 bits per heavy atom. The zero-order valence-electron chi connectivity index (χ0n) is 9.72. The molecule has 96 valence electrons. The van der Waals surface area contributed by atoms with Crippen molar-refractivity contribution < 1.29 is 9.66 Å². The highest BCUT2D eigenvalue weighted by atomic mass is 79.9. The Morgan fingerprint density at radius 2 is 2.33 bits per heavy atom. The first kappa shape index (κ1) is 13.0. The van der Waals surface area contributed by atoms with Gasteiger partial charge in [-0.15, -0.1) is 0 Å². The summed E-state index contributed by atoms with van der Waals surface area (Å²) in [5.41, 5.74) is 5.34. The van der Waals surface area contributed by atoms with Crippen molar-refractivity contribution >= 4 is 27.5 Å². The largest absolute Gasteiger partial charge is 0.386 e. The lowest BCUT2D eigenvalue weighted by Crippen LogP contribution is -2.37. The molecule has 0 aromatic heterocycles. The van der Waals surface area contributed by atoms with Crippen molar-refractivity contribution in [3.05, 3.63) is 38.3 Å². The number of rotatable bonds is 2. The third-order valence-corrected chi connectivity index (χ3v) is 3.25. The maximum Gasteiger partial charge on any atom is 0.275 e. The number of hydrogen-bond acceptors (Lipinski definition) is 5. The minimum atomic E-state index is -0.825. The number of amidine groups is 1. The van der Waals surface area contributed by atoms with E-state index >= 15 is 0 Å². The number of ether oxygens (including phenoxy) is 1. The number of hydrogen-bond donors (Lipinski definition) is 1. The minimum absolute atomic E-state index is 0.0164. The summed E-state index contributed by atoms with van der Waals surface area (Å²) in [6.45, 7) is 2.30. The van der Waals surface area contributed by atoms with Gasteiger partial charge in [0.1, 0.15) is 18.0 Å². The van der Waals surface area contributed by atoms with Crippen LogP contribution in [0.15, 0.2) is 27.7 Å². The Balaban J connectivity index is 2.59. The van der Waals surface area contributed by atoms with Crippen LogP contribution in [0.25, 0.3) is 0 Å². The van der Waals surface area contributed by atoms with Gasteiger partial charge in [0.05, 0.1) is 17.1 Å². The van der Waals surface area contributed by atoms with Crippen molar-refractivity contribution in [3.63, 3.8) is 0 Å². The number of nitrogens with two attached hydrogens (primary N) is 1. The molecular weight excluding hydrogens is 302 g/mol. The molecule has 1 aromatic carbocycles. The predicted molar refractivity (Wildman–Crippen MR) is 70.6 cm³/mol. The van der Waals surface area contributed by atoms with Crippen LogP contribution >= 0.6 is 15.9 Å². The SMILES string of the molecule is C[C@@]1(c2cc(Br)ccc2[N+](=O)[O-])COCC(N)=N1. The summed E-state index contributed by atoms with van der Waals surface area (Å²) < 4.78 is 6.09. The molecule has 1 aromatic rings. The quantitative estimate of drug-likeness (QED) is 0.667. The van der Waals surface area contributed by atoms with Gasteiger partial charge in [0.25, 0.3) is 5.69 Å². The number of nitro groups is 1. The van der Waals surface area contributed by atoms with Crippen LogP contribution < -0.4 is 5.73 Å². The Labute approximate surface area is 112 Å². The van der Waals surface area contributed by atoms with Gasteiger partial charge >= 0.3 is 0 Å². The van der Waals surface area contributed by atoms with Gasteiger partial charge in [-0.05, 0) is 19.1 Å². The first-order chi connectivity index (χ1) is 8.42. The average molecular weight is 314 g/mol. The molecule has 2 N–H and O–H groups in total. The predicted octanol–water partition coefficient (Wildman–Crippen LogP) is 1.96. The highest BCUT2D eigenvalue weighted by Crippen LogP contribution is 2.36. The number of aliphatic imine (C=N–C) groups is 1. The molecule has 1 aliphatic heterocycles. The second-order valence-corrected chi connectivity index (χ2v) is 5.20. The molecule has 6 nitrogen and oxygen atoms in total. The fourth-order valence-electron chi connectivity index (χ4n) is 1.97. The molecule has 7 heteroatoms. The normalized spacial score (nSPS) is 23.6. The summed E-state index contributed by atoms with van der Waals surface area (Å²) >= 11 is 3.31. The second kappa shape index (κ2) is 4.66. The molecule has 0 radical (unpaired) electrons. The van der Waals surface area contributed by atoms with Crippen LogP contribution in [0, 0.1) is 10.1 Å². The maximum atomic E-state index is 11.1. The van der Waals surface area contributed by atoms with Crippen LogP contribution in [0.2, 0.25) is 0 Å². The lowest BCUT2D eigenvalue weighted by atomic mass is 9.91. The van der Waals surface area contributed by atoms with E-state index in [1.807, 2.05) is 0 Å². The van der Waals surface area contributed by atoms with Gasteiger partial charge in [-0.3, -0.25) is 15.1 Å². The molecule has 0 aliphatic carbocycles. The molecule has 1 heterocycles. The Morgan fingerprint density at radius 3 is 2.94 bits per heavy atom. The molecule has 1 aliphatic rings. The summed E-state index contributed by atoms with van der Waals surface area (Å²) in [5.74, 6) is 0.345. The fourth-order valence-corrected chi connectivity index (χ4v) is 2.33. The van der Waals surface area contributed by atoms with Gasteiger partial charge in [-0.25, -0.2) is 0 Å². The molecule has 0 saturated carbocycles. The maximum absolute atomic E-state index is 11.1. The van der Waals surface area contributed by atoms with Crippen LogP contribution in [0.1, 0.15) is 12.5 Å². The summed E-state index contributed by atoms with van der Waals surface area (Å²) in [6, 6.07) is 4.76. The smallest absolute Gasteiger partial charge is 0.275 e. The molecule has 0 spiro atoms. The number of nitrogens with zero attached hydrogens (tertiary/aromatic N) is 2. The van der Waals surface area contributed by atoms with Gasteiger partial charge in [0.15, 0.2) is 0 Å². The minimum Gasteiger partial charge on any atom is -0.386 e. The summed E-state index contributed by atoms with van der Waals surface area (Å²) in [6.07, 6.45) is 0. The van der Waals surface area contributed by atoms with Gasteiger partial charge < -0.3 is 10.5 Å². The Kier molecular flexibility index (Phi) is 3.36. The lowest BCUT2D eigenvalue weighted by molar-refractivity contribution is -0.386. The van der Waals surface area contributed by atoms with Gasteiger partial charge in [-0.1, -0.05) is 15.9 Å².